The number of methoxy groups -OCH3 is 2. The largest absolute Gasteiger partial charge is 0.497 e. The van der Waals surface area contributed by atoms with E-state index >= 15 is 0 Å². The summed E-state index contributed by atoms with van der Waals surface area (Å²) in [5, 5.41) is 14.7. The van der Waals surface area contributed by atoms with Gasteiger partial charge < -0.3 is 20.1 Å². The molecule has 0 saturated heterocycles. The highest BCUT2D eigenvalue weighted by molar-refractivity contribution is 5.91. The minimum atomic E-state index is -0.117. The van der Waals surface area contributed by atoms with E-state index in [1.54, 1.807) is 44.6 Å². The zero-order chi connectivity index (χ0) is 17.4. The summed E-state index contributed by atoms with van der Waals surface area (Å²) in [6, 6.07) is 14.2. The molecule has 0 atom stereocenters. The van der Waals surface area contributed by atoms with Crippen LogP contribution in [0, 0.1) is 11.3 Å². The molecule has 24 heavy (non-hydrogen) atoms. The average molecular weight is 325 g/mol. The third-order valence-corrected chi connectivity index (χ3v) is 3.37. The summed E-state index contributed by atoms with van der Waals surface area (Å²) >= 11 is 0. The lowest BCUT2D eigenvalue weighted by molar-refractivity contribution is -0.115. The molecular weight excluding hydrogens is 306 g/mol. The van der Waals surface area contributed by atoms with Gasteiger partial charge in [-0.25, -0.2) is 0 Å². The maximum absolute atomic E-state index is 12.0. The molecule has 0 spiro atoms. The van der Waals surface area contributed by atoms with Crippen LogP contribution in [-0.2, 0) is 4.79 Å². The van der Waals surface area contributed by atoms with E-state index in [-0.39, 0.29) is 5.91 Å². The van der Waals surface area contributed by atoms with Crippen LogP contribution in [0.15, 0.2) is 42.5 Å². The topological polar surface area (TPSA) is 83.4 Å². The highest BCUT2D eigenvalue weighted by Crippen LogP contribution is 2.28. The number of anilines is 2. The van der Waals surface area contributed by atoms with Gasteiger partial charge in [0.15, 0.2) is 0 Å². The van der Waals surface area contributed by atoms with Gasteiger partial charge in [0.2, 0.25) is 5.91 Å². The number of carbonyl (C=O) groups excluding carboxylic acids is 1. The fourth-order valence-electron chi connectivity index (χ4n) is 2.11. The molecule has 0 heterocycles. The lowest BCUT2D eigenvalue weighted by Gasteiger charge is -2.12. The van der Waals surface area contributed by atoms with Crippen molar-refractivity contribution in [3.63, 3.8) is 0 Å². The number of nitrogens with one attached hydrogen (secondary N) is 2. The van der Waals surface area contributed by atoms with Crippen molar-refractivity contribution in [2.45, 2.75) is 6.42 Å². The molecule has 0 bridgehead atoms. The minimum absolute atomic E-state index is 0.117. The van der Waals surface area contributed by atoms with Crippen LogP contribution in [0.4, 0.5) is 11.4 Å². The van der Waals surface area contributed by atoms with E-state index in [4.69, 9.17) is 14.7 Å². The van der Waals surface area contributed by atoms with Gasteiger partial charge in [-0.3, -0.25) is 4.79 Å². The average Bonchev–Trinajstić information content (AvgIpc) is 2.62. The Labute approximate surface area is 141 Å². The fourth-order valence-corrected chi connectivity index (χ4v) is 2.11. The smallest absolute Gasteiger partial charge is 0.226 e. The van der Waals surface area contributed by atoms with E-state index in [1.807, 2.05) is 18.2 Å². The van der Waals surface area contributed by atoms with Gasteiger partial charge in [0.1, 0.15) is 11.5 Å². The molecule has 2 aromatic rings. The Kier molecular flexibility index (Phi) is 6.03. The molecule has 1 amide bonds. The Morgan fingerprint density at radius 3 is 2.50 bits per heavy atom. The van der Waals surface area contributed by atoms with E-state index in [0.29, 0.717) is 35.7 Å². The first-order valence-electron chi connectivity index (χ1n) is 7.42. The van der Waals surface area contributed by atoms with E-state index in [9.17, 15) is 4.79 Å². The van der Waals surface area contributed by atoms with Crippen molar-refractivity contribution in [3.05, 3.63) is 48.0 Å². The van der Waals surface area contributed by atoms with Gasteiger partial charge in [0.05, 0.1) is 31.5 Å². The molecule has 6 heteroatoms. The van der Waals surface area contributed by atoms with Crippen molar-refractivity contribution in [1.29, 1.82) is 5.26 Å². The van der Waals surface area contributed by atoms with Crippen molar-refractivity contribution in [3.8, 4) is 17.6 Å². The van der Waals surface area contributed by atoms with E-state index in [0.717, 1.165) is 5.69 Å². The Hall–Kier alpha value is -3.20. The Balaban J connectivity index is 1.87. The van der Waals surface area contributed by atoms with Gasteiger partial charge in [0.25, 0.3) is 0 Å². The number of hydrogen-bond acceptors (Lipinski definition) is 5. The molecule has 124 valence electrons. The van der Waals surface area contributed by atoms with E-state index in [1.165, 1.54) is 0 Å². The van der Waals surface area contributed by atoms with Crippen molar-refractivity contribution in [1.82, 2.24) is 0 Å². The zero-order valence-electron chi connectivity index (χ0n) is 13.6. The summed E-state index contributed by atoms with van der Waals surface area (Å²) in [4.78, 5) is 12.0. The van der Waals surface area contributed by atoms with Crippen LogP contribution in [0.5, 0.6) is 11.5 Å². The van der Waals surface area contributed by atoms with Crippen LogP contribution in [0.1, 0.15) is 12.0 Å². The summed E-state index contributed by atoms with van der Waals surface area (Å²) in [7, 11) is 3.18. The number of hydrogen-bond donors (Lipinski definition) is 2. The predicted octanol–water partition coefficient (Wildman–Crippen LogP) is 3.02. The number of rotatable bonds is 7. The van der Waals surface area contributed by atoms with Crippen molar-refractivity contribution in [2.75, 3.05) is 31.4 Å². The Morgan fingerprint density at radius 1 is 1.12 bits per heavy atom. The molecule has 0 aliphatic carbocycles. The summed E-state index contributed by atoms with van der Waals surface area (Å²) in [6.45, 7) is 0.450. The summed E-state index contributed by atoms with van der Waals surface area (Å²) in [6.07, 6.45) is 0.292. The molecule has 0 aliphatic heterocycles. The number of nitrogens with zero attached hydrogens (tertiary/aromatic N) is 1. The van der Waals surface area contributed by atoms with Crippen molar-refractivity contribution >= 4 is 17.3 Å². The lowest BCUT2D eigenvalue weighted by Crippen LogP contribution is -2.16. The predicted molar refractivity (Wildman–Crippen MR) is 92.4 cm³/mol. The SMILES string of the molecule is COc1ccc(OC)c(NCCC(=O)Nc2ccc(C#N)cc2)c1. The second-order valence-electron chi connectivity index (χ2n) is 4.98. The lowest BCUT2D eigenvalue weighted by atomic mass is 10.2. The summed E-state index contributed by atoms with van der Waals surface area (Å²) < 4.78 is 10.5. The molecule has 2 N–H and O–H groups in total. The molecule has 0 radical (unpaired) electrons. The second-order valence-corrected chi connectivity index (χ2v) is 4.98. The Morgan fingerprint density at radius 2 is 1.88 bits per heavy atom. The molecule has 0 unspecified atom stereocenters. The van der Waals surface area contributed by atoms with Crippen LogP contribution in [0.3, 0.4) is 0 Å². The van der Waals surface area contributed by atoms with E-state index < -0.39 is 0 Å². The second kappa shape index (κ2) is 8.44. The first kappa shape index (κ1) is 17.2. The maximum atomic E-state index is 12.0. The fraction of sp³-hybridized carbons (Fsp3) is 0.222. The molecule has 2 aromatic carbocycles. The number of nitriles is 1. The maximum Gasteiger partial charge on any atom is 0.226 e. The summed E-state index contributed by atoms with van der Waals surface area (Å²) in [5.74, 6) is 1.28. The van der Waals surface area contributed by atoms with Crippen LogP contribution in [0.25, 0.3) is 0 Å². The first-order chi connectivity index (χ1) is 11.7. The molecule has 0 aromatic heterocycles. The highest BCUT2D eigenvalue weighted by Gasteiger charge is 2.06. The molecule has 0 aliphatic rings. The van der Waals surface area contributed by atoms with Crippen LogP contribution in [-0.4, -0.2) is 26.7 Å². The molecule has 6 nitrogen and oxygen atoms in total. The number of amides is 1. The van der Waals surface area contributed by atoms with Crippen molar-refractivity contribution in [2.24, 2.45) is 0 Å². The van der Waals surface area contributed by atoms with Gasteiger partial charge in [-0.15, -0.1) is 0 Å². The number of carbonyl (C=O) groups is 1. The van der Waals surface area contributed by atoms with Gasteiger partial charge in [-0.2, -0.15) is 5.26 Å². The van der Waals surface area contributed by atoms with Crippen LogP contribution < -0.4 is 20.1 Å². The van der Waals surface area contributed by atoms with Gasteiger partial charge in [0, 0.05) is 24.7 Å². The number of benzene rings is 2. The quantitative estimate of drug-likeness (QED) is 0.817. The highest BCUT2D eigenvalue weighted by atomic mass is 16.5. The van der Waals surface area contributed by atoms with Gasteiger partial charge in [-0.05, 0) is 36.4 Å². The molecular formula is C18H19N3O3. The summed E-state index contributed by atoms with van der Waals surface area (Å²) in [5.41, 5.74) is 1.99. The molecule has 0 saturated carbocycles. The third kappa shape index (κ3) is 4.65. The normalized spacial score (nSPS) is 9.71. The van der Waals surface area contributed by atoms with Crippen LogP contribution >= 0.6 is 0 Å². The molecule has 2 rings (SSSR count). The zero-order valence-corrected chi connectivity index (χ0v) is 13.6. The standard InChI is InChI=1S/C18H19N3O3/c1-23-15-7-8-17(24-2)16(11-15)20-10-9-18(22)21-14-5-3-13(12-19)4-6-14/h3-8,11,20H,9-10H2,1-2H3,(H,21,22). The first-order valence-corrected chi connectivity index (χ1v) is 7.42. The Bertz CT molecular complexity index is 736. The number of ether oxygens (including phenoxy) is 2. The van der Waals surface area contributed by atoms with Crippen LogP contribution in [0.2, 0.25) is 0 Å². The van der Waals surface area contributed by atoms with Gasteiger partial charge in [-0.1, -0.05) is 0 Å². The third-order valence-electron chi connectivity index (χ3n) is 3.37. The molecule has 0 fully saturated rings. The van der Waals surface area contributed by atoms with Gasteiger partial charge >= 0.3 is 0 Å². The minimum Gasteiger partial charge on any atom is -0.497 e. The van der Waals surface area contributed by atoms with E-state index in [2.05, 4.69) is 10.6 Å². The van der Waals surface area contributed by atoms with Crippen molar-refractivity contribution < 1.29 is 14.3 Å². The monoisotopic (exact) mass is 325 g/mol.